The van der Waals surface area contributed by atoms with Gasteiger partial charge < -0.3 is 9.36 Å². The van der Waals surface area contributed by atoms with Crippen LogP contribution in [-0.2, 0) is 21.1 Å². The van der Waals surface area contributed by atoms with Gasteiger partial charge in [-0.1, -0.05) is 95.4 Å². The Morgan fingerprint density at radius 3 is 1.61 bits per heavy atom. The van der Waals surface area contributed by atoms with Crippen molar-refractivity contribution in [1.82, 2.24) is 29.5 Å². The number of hydrogen-bond donors (Lipinski definition) is 0. The first-order chi connectivity index (χ1) is 18.1. The molecule has 0 saturated carbocycles. The third-order valence-electron chi connectivity index (χ3n) is 6.68. The molecule has 0 fully saturated rings. The first-order valence-electron chi connectivity index (χ1n) is 12.8. The Hall–Kier alpha value is -3.57. The first-order valence-corrected chi connectivity index (χ1v) is 12.8. The van der Waals surface area contributed by atoms with Crippen LogP contribution in [0.3, 0.4) is 0 Å². The van der Waals surface area contributed by atoms with Crippen molar-refractivity contribution < 1.29 is 21.1 Å². The van der Waals surface area contributed by atoms with Gasteiger partial charge in [-0.15, -0.1) is 12.1 Å². The Labute approximate surface area is 238 Å². The quantitative estimate of drug-likeness (QED) is 0.158. The number of hydrogen-bond acceptors (Lipinski definition) is 5. The molecule has 8 heteroatoms. The van der Waals surface area contributed by atoms with E-state index >= 15 is 0 Å². The minimum atomic E-state index is 0. The maximum Gasteiger partial charge on any atom is 2.00 e. The van der Waals surface area contributed by atoms with Gasteiger partial charge in [-0.2, -0.15) is 0 Å². The minimum absolute atomic E-state index is 0. The Morgan fingerprint density at radius 2 is 1.16 bits per heavy atom. The van der Waals surface area contributed by atoms with Crippen LogP contribution in [0.25, 0.3) is 11.6 Å². The fourth-order valence-corrected chi connectivity index (χ4v) is 4.00. The molecule has 1 aromatic carbocycles. The number of nitrogens with zero attached hydrogens (tertiary/aromatic N) is 7. The summed E-state index contributed by atoms with van der Waals surface area (Å²) in [4.78, 5) is 12.0. The van der Waals surface area contributed by atoms with Gasteiger partial charge in [0.2, 0.25) is 0 Å². The summed E-state index contributed by atoms with van der Waals surface area (Å²) >= 11 is 0. The second-order valence-electron chi connectivity index (χ2n) is 9.22. The summed E-state index contributed by atoms with van der Waals surface area (Å²) in [6.45, 7) is 8.66. The molecule has 0 amide bonds. The second kappa shape index (κ2) is 12.3. The summed E-state index contributed by atoms with van der Waals surface area (Å²) < 4.78 is 3.43. The van der Waals surface area contributed by atoms with Crippen LogP contribution in [0.15, 0.2) is 78.9 Å². The van der Waals surface area contributed by atoms with Crippen LogP contribution in [-0.4, -0.2) is 29.5 Å². The zero-order valence-corrected chi connectivity index (χ0v) is 24.3. The van der Waals surface area contributed by atoms with Gasteiger partial charge in [-0.25, -0.2) is 0 Å². The Balaban J connectivity index is 0.00000336. The molecule has 0 saturated heterocycles. The van der Waals surface area contributed by atoms with Gasteiger partial charge in [0, 0.05) is 5.69 Å². The van der Waals surface area contributed by atoms with Crippen molar-refractivity contribution in [2.75, 3.05) is 4.90 Å². The second-order valence-corrected chi connectivity index (χ2v) is 9.22. The van der Waals surface area contributed by atoms with Crippen LogP contribution in [0.2, 0.25) is 0 Å². The summed E-state index contributed by atoms with van der Waals surface area (Å²) in [6, 6.07) is 25.8. The van der Waals surface area contributed by atoms with Gasteiger partial charge in [0.25, 0.3) is 0 Å². The van der Waals surface area contributed by atoms with E-state index in [1.807, 2.05) is 83.8 Å². The summed E-state index contributed by atoms with van der Waals surface area (Å²) in [7, 11) is 0. The van der Waals surface area contributed by atoms with Crippen LogP contribution < -0.4 is 4.90 Å². The maximum atomic E-state index is 4.96. The molecule has 2 atom stereocenters. The smallest absolute Gasteiger partial charge is 0.343 e. The third kappa shape index (κ3) is 5.78. The van der Waals surface area contributed by atoms with E-state index in [9.17, 15) is 0 Å². The van der Waals surface area contributed by atoms with E-state index in [2.05, 4.69) is 40.1 Å². The molecular formula is C30H31N7Pt. The Morgan fingerprint density at radius 1 is 0.684 bits per heavy atom. The number of anilines is 3. The number of rotatable bonds is 9. The van der Waals surface area contributed by atoms with Crippen LogP contribution in [0.1, 0.15) is 63.8 Å². The predicted octanol–water partition coefficient (Wildman–Crippen LogP) is 6.94. The fraction of sp³-hybridized carbons (Fsp3) is 0.267. The molecule has 196 valence electrons. The first kappa shape index (κ1) is 27.5. The molecule has 7 nitrogen and oxygen atoms in total. The molecule has 4 aromatic heterocycles. The minimum Gasteiger partial charge on any atom is -0.343 e. The van der Waals surface area contributed by atoms with Crippen LogP contribution in [0, 0.1) is 12.4 Å². The molecule has 0 radical (unpaired) electrons. The number of benzene rings is 1. The summed E-state index contributed by atoms with van der Waals surface area (Å²) in [5, 5.41) is 9.45. The zero-order chi connectivity index (χ0) is 25.8. The Kier molecular flexibility index (Phi) is 8.90. The molecule has 0 aliphatic heterocycles. The molecule has 0 spiro atoms. The van der Waals surface area contributed by atoms with E-state index < -0.39 is 0 Å². The van der Waals surface area contributed by atoms with E-state index in [0.29, 0.717) is 23.5 Å². The molecule has 4 heterocycles. The van der Waals surface area contributed by atoms with Gasteiger partial charge in [0.15, 0.2) is 0 Å². The van der Waals surface area contributed by atoms with Crippen LogP contribution >= 0.6 is 0 Å². The number of aromatic nitrogens is 6. The summed E-state index contributed by atoms with van der Waals surface area (Å²) in [5.41, 5.74) is 2.97. The molecule has 5 rings (SSSR count). The molecule has 0 bridgehead atoms. The fourth-order valence-electron chi connectivity index (χ4n) is 4.00. The maximum absolute atomic E-state index is 4.96. The van der Waals surface area contributed by atoms with Crippen molar-refractivity contribution in [2.24, 2.45) is 0 Å². The summed E-state index contributed by atoms with van der Waals surface area (Å²) in [5.74, 6) is 3.59. The van der Waals surface area contributed by atoms with Crippen molar-refractivity contribution >= 4 is 17.3 Å². The van der Waals surface area contributed by atoms with Crippen molar-refractivity contribution in [3.63, 3.8) is 0 Å². The standard InChI is InChI=1S/C30H31N7.Pt/c1-5-22(3)25-18-20-35(33-25)27-14-10-16-29(31-27)37(24-12-8-7-9-13-24)30-17-11-15-28(32-30)36-21-19-26(34-36)23(4)6-2;/h7-19,22-23H,5-6H2,1-4H3;/q-2;+2. The van der Waals surface area contributed by atoms with E-state index in [-0.39, 0.29) is 21.1 Å². The van der Waals surface area contributed by atoms with Crippen molar-refractivity contribution in [3.05, 3.63) is 103 Å². The number of para-hydroxylation sites is 1. The summed E-state index contributed by atoms with van der Waals surface area (Å²) in [6.07, 6.45) is 8.49. The third-order valence-corrected chi connectivity index (χ3v) is 6.68. The monoisotopic (exact) mass is 684 g/mol. The predicted molar refractivity (Wildman–Crippen MR) is 146 cm³/mol. The number of pyridine rings is 2. The molecule has 2 unspecified atom stereocenters. The van der Waals surface area contributed by atoms with Crippen LogP contribution in [0.5, 0.6) is 0 Å². The molecule has 0 N–H and O–H groups in total. The van der Waals surface area contributed by atoms with E-state index in [1.165, 1.54) is 0 Å². The molecule has 0 aliphatic carbocycles. The van der Waals surface area contributed by atoms with Gasteiger partial charge in [0.1, 0.15) is 11.6 Å². The van der Waals surface area contributed by atoms with Gasteiger partial charge in [-0.3, -0.25) is 25.1 Å². The van der Waals surface area contributed by atoms with Crippen molar-refractivity contribution in [3.8, 4) is 11.6 Å². The van der Waals surface area contributed by atoms with Crippen molar-refractivity contribution in [2.45, 2.75) is 52.4 Å². The zero-order valence-electron chi connectivity index (χ0n) is 22.0. The van der Waals surface area contributed by atoms with E-state index in [0.717, 1.165) is 41.6 Å². The van der Waals surface area contributed by atoms with E-state index in [4.69, 9.17) is 20.2 Å². The van der Waals surface area contributed by atoms with Gasteiger partial charge in [0.05, 0.1) is 11.6 Å². The van der Waals surface area contributed by atoms with Crippen molar-refractivity contribution in [1.29, 1.82) is 0 Å². The SMILES string of the molecule is CCC(C)c1c[c-]n(-c2cccc(N(c3ccccc3)c3cccc(-n4[c-]cc(C(C)CC)n4)n3)n2)n1.[Pt+2]. The average Bonchev–Trinajstić information content (AvgIpc) is 3.64. The topological polar surface area (TPSA) is 64.7 Å². The molecular weight excluding hydrogens is 653 g/mol. The van der Waals surface area contributed by atoms with Gasteiger partial charge >= 0.3 is 21.1 Å². The average molecular weight is 685 g/mol. The molecule has 5 aromatic rings. The normalized spacial score (nSPS) is 12.5. The molecule has 0 aliphatic rings. The van der Waals surface area contributed by atoms with Crippen LogP contribution in [0.4, 0.5) is 17.3 Å². The van der Waals surface area contributed by atoms with Gasteiger partial charge in [-0.05, 0) is 47.5 Å². The Bertz CT molecular complexity index is 1370. The van der Waals surface area contributed by atoms with E-state index in [1.54, 1.807) is 9.36 Å². The molecule has 38 heavy (non-hydrogen) atoms. The largest absolute Gasteiger partial charge is 2.00 e.